The molecule has 0 spiro atoms. The third kappa shape index (κ3) is 2.84. The summed E-state index contributed by atoms with van der Waals surface area (Å²) in [5.74, 6) is 1.02. The van der Waals surface area contributed by atoms with Crippen LogP contribution in [0.3, 0.4) is 0 Å². The monoisotopic (exact) mass is 166 g/mol. The Morgan fingerprint density at radius 3 is 2.25 bits per heavy atom. The number of rotatable bonds is 6. The van der Waals surface area contributed by atoms with E-state index in [0.717, 1.165) is 11.1 Å². The van der Waals surface area contributed by atoms with Crippen LogP contribution in [0.5, 0.6) is 0 Å². The first kappa shape index (κ1) is 10.1. The molecule has 0 N–H and O–H groups in total. The lowest BCUT2D eigenvalue weighted by molar-refractivity contribution is 0.546. The third-order valence-electron chi connectivity index (χ3n) is 3.65. The number of unbranched alkanes of at least 4 members (excludes halogenated alkanes) is 4. The molecule has 0 bridgehead atoms. The van der Waals surface area contributed by atoms with Crippen molar-refractivity contribution in [3.63, 3.8) is 0 Å². The van der Waals surface area contributed by atoms with Crippen molar-refractivity contribution in [3.05, 3.63) is 0 Å². The van der Waals surface area contributed by atoms with Gasteiger partial charge in [-0.25, -0.2) is 0 Å². The summed E-state index contributed by atoms with van der Waals surface area (Å²) in [5.41, 5.74) is 0. The Labute approximate surface area is 78.4 Å². The van der Waals surface area contributed by atoms with Gasteiger partial charge in [0.15, 0.2) is 0 Å². The van der Waals surface area contributed by atoms with E-state index in [1.165, 1.54) is 45.8 Å². The van der Waals surface area contributed by atoms with Gasteiger partial charge in [0, 0.05) is 0 Å². The van der Waals surface area contributed by atoms with E-state index < -0.39 is 0 Å². The van der Waals surface area contributed by atoms with Crippen molar-refractivity contribution in [2.24, 2.45) is 0 Å². The predicted molar refractivity (Wildman–Crippen MR) is 58.3 cm³/mol. The molecule has 0 nitrogen and oxygen atoms in total. The third-order valence-corrected chi connectivity index (χ3v) is 3.65. The van der Waals surface area contributed by atoms with Crippen LogP contribution in [0.2, 0.25) is 11.1 Å². The van der Waals surface area contributed by atoms with Gasteiger partial charge in [-0.3, -0.25) is 0 Å². The van der Waals surface area contributed by atoms with E-state index in [1.54, 1.807) is 0 Å². The first-order chi connectivity index (χ1) is 5.69. The lowest BCUT2D eigenvalue weighted by Gasteiger charge is -2.09. The molecular weight excluding hydrogens is 143 g/mol. The molecule has 2 unspecified atom stereocenters. The van der Waals surface area contributed by atoms with Gasteiger partial charge in [0.25, 0.3) is 0 Å². The second-order valence-corrected chi connectivity index (χ2v) is 4.92. The molecule has 0 saturated carbocycles. The maximum atomic E-state index is 2.46. The summed E-state index contributed by atoms with van der Waals surface area (Å²) in [6.45, 7) is 7.13. The topological polar surface area (TPSA) is 0 Å². The largest absolute Gasteiger partial charge is 0.130 e. The zero-order valence-corrected chi connectivity index (χ0v) is 9.03. The van der Waals surface area contributed by atoms with Crippen LogP contribution in [0.1, 0.15) is 59.3 Å². The summed E-state index contributed by atoms with van der Waals surface area (Å²) >= 11 is 0. The smallest absolute Gasteiger partial charge is 0.0695 e. The van der Waals surface area contributed by atoms with Crippen LogP contribution >= 0.6 is 0 Å². The Balaban J connectivity index is 1.90. The van der Waals surface area contributed by atoms with Gasteiger partial charge in [0.1, 0.15) is 7.28 Å². The van der Waals surface area contributed by atoms with E-state index >= 15 is 0 Å². The highest BCUT2D eigenvalue weighted by Crippen LogP contribution is 2.59. The van der Waals surface area contributed by atoms with Gasteiger partial charge >= 0.3 is 0 Å². The van der Waals surface area contributed by atoms with Crippen LogP contribution in [-0.2, 0) is 0 Å². The molecule has 0 aromatic heterocycles. The minimum Gasteiger partial charge on any atom is -0.0695 e. The second-order valence-electron chi connectivity index (χ2n) is 4.92. The van der Waals surface area contributed by atoms with Crippen molar-refractivity contribution in [2.75, 3.05) is 0 Å². The molecule has 1 rings (SSSR count). The summed E-state index contributed by atoms with van der Waals surface area (Å²) in [7, 11) is 1.49. The van der Waals surface area contributed by atoms with Crippen molar-refractivity contribution >= 4 is 7.28 Å². The number of hydrogen-bond acceptors (Lipinski definition) is 0. The minimum absolute atomic E-state index is 0.756. The summed E-state index contributed by atoms with van der Waals surface area (Å²) in [4.78, 5) is 0. The molecule has 12 heavy (non-hydrogen) atoms. The maximum absolute atomic E-state index is 2.46. The van der Waals surface area contributed by atoms with E-state index in [1.807, 2.05) is 0 Å². The van der Waals surface area contributed by atoms with Crippen molar-refractivity contribution in [1.82, 2.24) is 0 Å². The lowest BCUT2D eigenvalue weighted by Crippen LogP contribution is -1.88. The summed E-state index contributed by atoms with van der Waals surface area (Å²) in [6, 6.07) is 0. The van der Waals surface area contributed by atoms with E-state index in [-0.39, 0.29) is 0 Å². The summed E-state index contributed by atoms with van der Waals surface area (Å²) in [6.07, 6.45) is 8.69. The lowest BCUT2D eigenvalue weighted by atomic mass is 9.85. The van der Waals surface area contributed by atoms with Crippen LogP contribution in [0.15, 0.2) is 0 Å². The van der Waals surface area contributed by atoms with Crippen molar-refractivity contribution < 1.29 is 0 Å². The van der Waals surface area contributed by atoms with Gasteiger partial charge in [-0.2, -0.15) is 0 Å². The van der Waals surface area contributed by atoms with Gasteiger partial charge in [-0.05, 0) is 0 Å². The van der Waals surface area contributed by atoms with E-state index in [2.05, 4.69) is 20.8 Å². The van der Waals surface area contributed by atoms with Gasteiger partial charge in [0.2, 0.25) is 0 Å². The fourth-order valence-corrected chi connectivity index (χ4v) is 2.12. The molecule has 0 amide bonds. The molecular formula is C11H23B. The molecule has 0 aromatic rings. The molecule has 0 aromatic carbocycles. The average Bonchev–Trinajstić information content (AvgIpc) is 2.60. The molecule has 0 aliphatic carbocycles. The zero-order valence-electron chi connectivity index (χ0n) is 9.03. The van der Waals surface area contributed by atoms with Crippen molar-refractivity contribution in [2.45, 2.75) is 70.4 Å². The quantitative estimate of drug-likeness (QED) is 0.416. The minimum atomic E-state index is 0.756. The molecule has 70 valence electrons. The highest BCUT2D eigenvalue weighted by Gasteiger charge is 2.46. The Hall–Kier alpha value is 0.0649. The molecule has 0 radical (unpaired) electrons. The van der Waals surface area contributed by atoms with Crippen LogP contribution < -0.4 is 0 Å². The summed E-state index contributed by atoms with van der Waals surface area (Å²) in [5, 5.41) is 0.756. The zero-order chi connectivity index (χ0) is 9.03. The first-order valence-corrected chi connectivity index (χ1v) is 5.69. The highest BCUT2D eigenvalue weighted by atomic mass is 14.3. The average molecular weight is 166 g/mol. The first-order valence-electron chi connectivity index (χ1n) is 5.69. The molecule has 2 atom stereocenters. The Kier molecular flexibility index (Phi) is 3.67. The molecule has 1 aliphatic rings. The van der Waals surface area contributed by atoms with E-state index in [9.17, 15) is 0 Å². The van der Waals surface area contributed by atoms with Gasteiger partial charge in [0.05, 0.1) is 0 Å². The fourth-order valence-electron chi connectivity index (χ4n) is 2.12. The highest BCUT2D eigenvalue weighted by molar-refractivity contribution is 6.56. The Morgan fingerprint density at radius 1 is 1.17 bits per heavy atom. The molecule has 1 heteroatoms. The van der Waals surface area contributed by atoms with Gasteiger partial charge in [-0.15, -0.1) is 0 Å². The molecule has 1 heterocycles. The fraction of sp³-hybridized carbons (Fsp3) is 1.00. The SMILES string of the molecule is CCCCCCCC1(C)BC1C. The number of hydrogen-bond donors (Lipinski definition) is 0. The Bertz CT molecular complexity index is 133. The van der Waals surface area contributed by atoms with Crippen LogP contribution in [0.4, 0.5) is 0 Å². The van der Waals surface area contributed by atoms with Gasteiger partial charge < -0.3 is 0 Å². The van der Waals surface area contributed by atoms with Crippen LogP contribution in [0, 0.1) is 0 Å². The van der Waals surface area contributed by atoms with E-state index in [4.69, 9.17) is 0 Å². The summed E-state index contributed by atoms with van der Waals surface area (Å²) < 4.78 is 0. The Morgan fingerprint density at radius 2 is 1.75 bits per heavy atom. The second kappa shape index (κ2) is 4.34. The van der Waals surface area contributed by atoms with E-state index in [0.29, 0.717) is 0 Å². The molecule has 1 saturated heterocycles. The molecule has 1 fully saturated rings. The van der Waals surface area contributed by atoms with Crippen LogP contribution in [0.25, 0.3) is 0 Å². The van der Waals surface area contributed by atoms with Crippen molar-refractivity contribution in [3.8, 4) is 0 Å². The maximum Gasteiger partial charge on any atom is 0.130 e. The molecule has 1 aliphatic heterocycles. The van der Waals surface area contributed by atoms with Crippen molar-refractivity contribution in [1.29, 1.82) is 0 Å². The van der Waals surface area contributed by atoms with Crippen LogP contribution in [-0.4, -0.2) is 7.28 Å². The van der Waals surface area contributed by atoms with Gasteiger partial charge in [-0.1, -0.05) is 70.4 Å². The normalized spacial score (nSPS) is 33.1. The predicted octanol–water partition coefficient (Wildman–Crippen LogP) is 3.78. The standard InChI is InChI=1S/C11H23B/c1-4-5-6-7-8-9-11(3)10(2)12-11/h10,12H,4-9H2,1-3H3.